The molecule has 0 bridgehead atoms. The summed E-state index contributed by atoms with van der Waals surface area (Å²) in [5.41, 5.74) is 3.00. The summed E-state index contributed by atoms with van der Waals surface area (Å²) < 4.78 is 1.03. The monoisotopic (exact) mass is 188 g/mol. The molecule has 1 aliphatic heterocycles. The zero-order valence-corrected chi connectivity index (χ0v) is 8.87. The number of aryl methyl sites for hydroxylation is 1. The van der Waals surface area contributed by atoms with Crippen molar-refractivity contribution in [2.45, 2.75) is 12.8 Å². The van der Waals surface area contributed by atoms with Gasteiger partial charge in [-0.3, -0.25) is 4.48 Å². The van der Waals surface area contributed by atoms with E-state index in [1.165, 1.54) is 30.6 Å². The molecule has 0 amide bonds. The van der Waals surface area contributed by atoms with Gasteiger partial charge in [-0.25, -0.2) is 0 Å². The number of fused-ring (bicyclic) bond motifs is 1. The Bertz CT molecular complexity index is 343. The first-order valence-electron chi connectivity index (χ1n) is 5.30. The van der Waals surface area contributed by atoms with Gasteiger partial charge in [-0.1, -0.05) is 24.8 Å². The third kappa shape index (κ3) is 1.48. The van der Waals surface area contributed by atoms with Crippen molar-refractivity contribution in [3.8, 4) is 0 Å². The van der Waals surface area contributed by atoms with E-state index in [-0.39, 0.29) is 0 Å². The fourth-order valence-electron chi connectivity index (χ4n) is 2.46. The number of rotatable bonds is 2. The number of para-hydroxylation sites is 1. The third-order valence-electron chi connectivity index (χ3n) is 3.20. The minimum absolute atomic E-state index is 1.03. The number of quaternary nitrogens is 1. The van der Waals surface area contributed by atoms with E-state index in [9.17, 15) is 0 Å². The maximum Gasteiger partial charge on any atom is 0.136 e. The summed E-state index contributed by atoms with van der Waals surface area (Å²) in [6.07, 6.45) is 4.56. The van der Waals surface area contributed by atoms with Crippen LogP contribution in [-0.2, 0) is 6.42 Å². The van der Waals surface area contributed by atoms with Crippen molar-refractivity contribution >= 4 is 5.69 Å². The lowest BCUT2D eigenvalue weighted by molar-refractivity contribution is 0.338. The van der Waals surface area contributed by atoms with Gasteiger partial charge >= 0.3 is 0 Å². The molecule has 0 saturated carbocycles. The highest BCUT2D eigenvalue weighted by molar-refractivity contribution is 5.52. The van der Waals surface area contributed by atoms with Gasteiger partial charge in [-0.05, 0) is 18.6 Å². The van der Waals surface area contributed by atoms with E-state index < -0.39 is 0 Å². The largest absolute Gasteiger partial charge is 0.290 e. The van der Waals surface area contributed by atoms with E-state index in [1.54, 1.807) is 0 Å². The molecule has 0 N–H and O–H groups in total. The lowest BCUT2D eigenvalue weighted by atomic mass is 10.00. The topological polar surface area (TPSA) is 0 Å². The summed E-state index contributed by atoms with van der Waals surface area (Å²) in [5.74, 6) is 0. The van der Waals surface area contributed by atoms with Crippen LogP contribution in [-0.4, -0.2) is 20.1 Å². The van der Waals surface area contributed by atoms with E-state index in [2.05, 4.69) is 37.9 Å². The summed E-state index contributed by atoms with van der Waals surface area (Å²) in [6.45, 7) is 6.14. The molecule has 1 unspecified atom stereocenters. The van der Waals surface area contributed by atoms with Gasteiger partial charge in [0.05, 0.1) is 13.6 Å². The summed E-state index contributed by atoms with van der Waals surface area (Å²) >= 11 is 0. The summed E-state index contributed by atoms with van der Waals surface area (Å²) in [5, 5.41) is 0. The molecule has 14 heavy (non-hydrogen) atoms. The quantitative estimate of drug-likeness (QED) is 0.494. The van der Waals surface area contributed by atoms with Crippen LogP contribution < -0.4 is 4.48 Å². The number of nitrogens with zero attached hydrogens (tertiary/aromatic N) is 1. The molecule has 0 spiro atoms. The van der Waals surface area contributed by atoms with Crippen molar-refractivity contribution in [1.82, 2.24) is 4.48 Å². The van der Waals surface area contributed by atoms with Crippen molar-refractivity contribution in [3.63, 3.8) is 0 Å². The van der Waals surface area contributed by atoms with Crippen LogP contribution in [0.4, 0.5) is 5.69 Å². The molecule has 0 saturated heterocycles. The molecule has 1 nitrogen and oxygen atoms in total. The Kier molecular flexibility index (Phi) is 2.42. The Labute approximate surface area is 86.3 Å². The highest BCUT2D eigenvalue weighted by atomic mass is 15.3. The van der Waals surface area contributed by atoms with Gasteiger partial charge in [0.1, 0.15) is 12.2 Å². The average molecular weight is 188 g/mol. The lowest BCUT2D eigenvalue weighted by Gasteiger charge is -2.37. The predicted octanol–water partition coefficient (Wildman–Crippen LogP) is 2.76. The smallest absolute Gasteiger partial charge is 0.136 e. The fourth-order valence-corrected chi connectivity index (χ4v) is 2.46. The highest BCUT2D eigenvalue weighted by Crippen LogP contribution is 2.31. The van der Waals surface area contributed by atoms with Crippen molar-refractivity contribution in [2.24, 2.45) is 0 Å². The first-order chi connectivity index (χ1) is 6.76. The molecule has 0 radical (unpaired) electrons. The van der Waals surface area contributed by atoms with Crippen molar-refractivity contribution in [3.05, 3.63) is 42.5 Å². The molecule has 1 aromatic carbocycles. The van der Waals surface area contributed by atoms with Crippen LogP contribution in [0, 0.1) is 0 Å². The Balaban J connectivity index is 2.44. The standard InChI is InChI=1S/C13H18N/c1-3-10-14(2)11-6-8-12-7-4-5-9-13(12)14/h3-5,7,9H,1,6,8,10-11H2,2H3/q+1. The van der Waals surface area contributed by atoms with Gasteiger partial charge in [0.2, 0.25) is 0 Å². The summed E-state index contributed by atoms with van der Waals surface area (Å²) in [6, 6.07) is 8.80. The second kappa shape index (κ2) is 3.58. The molecule has 1 heteroatoms. The zero-order valence-electron chi connectivity index (χ0n) is 8.87. The number of hydrogen-bond donors (Lipinski definition) is 0. The molecular formula is C13H18N+. The molecule has 0 fully saturated rings. The minimum atomic E-state index is 1.03. The molecule has 1 heterocycles. The van der Waals surface area contributed by atoms with Crippen LogP contribution in [0.15, 0.2) is 36.9 Å². The van der Waals surface area contributed by atoms with Crippen LogP contribution in [0.5, 0.6) is 0 Å². The zero-order chi connectivity index (χ0) is 10.0. The van der Waals surface area contributed by atoms with Gasteiger partial charge in [-0.2, -0.15) is 0 Å². The van der Waals surface area contributed by atoms with Crippen molar-refractivity contribution < 1.29 is 0 Å². The number of benzene rings is 1. The van der Waals surface area contributed by atoms with Crippen LogP contribution in [0.1, 0.15) is 12.0 Å². The van der Waals surface area contributed by atoms with Gasteiger partial charge in [0.25, 0.3) is 0 Å². The van der Waals surface area contributed by atoms with Gasteiger partial charge in [0.15, 0.2) is 0 Å². The highest BCUT2D eigenvalue weighted by Gasteiger charge is 2.29. The van der Waals surface area contributed by atoms with Crippen molar-refractivity contribution in [2.75, 3.05) is 20.1 Å². The van der Waals surface area contributed by atoms with E-state index in [0.29, 0.717) is 0 Å². The predicted molar refractivity (Wildman–Crippen MR) is 62.4 cm³/mol. The Morgan fingerprint density at radius 3 is 3.00 bits per heavy atom. The molecule has 1 atom stereocenters. The maximum absolute atomic E-state index is 3.86. The molecule has 0 aliphatic carbocycles. The van der Waals surface area contributed by atoms with Crippen LogP contribution in [0.2, 0.25) is 0 Å². The molecule has 74 valence electrons. The SMILES string of the molecule is C=CC[N+]1(C)CCCc2ccccc21. The Hall–Kier alpha value is -1.08. The second-order valence-electron chi connectivity index (χ2n) is 4.32. The molecule has 2 rings (SSSR count). The van der Waals surface area contributed by atoms with E-state index in [0.717, 1.165) is 11.0 Å². The van der Waals surface area contributed by atoms with Crippen LogP contribution in [0.3, 0.4) is 0 Å². The first-order valence-corrected chi connectivity index (χ1v) is 5.30. The number of likely N-dealkylation sites (N-methyl/N-ethyl adjacent to an activating group) is 1. The Morgan fingerprint density at radius 1 is 1.43 bits per heavy atom. The maximum atomic E-state index is 3.86. The van der Waals surface area contributed by atoms with E-state index in [4.69, 9.17) is 0 Å². The van der Waals surface area contributed by atoms with Gasteiger partial charge in [0, 0.05) is 12.0 Å². The summed E-state index contributed by atoms with van der Waals surface area (Å²) in [7, 11) is 2.31. The van der Waals surface area contributed by atoms with Gasteiger partial charge < -0.3 is 0 Å². The lowest BCUT2D eigenvalue weighted by Crippen LogP contribution is -2.48. The fraction of sp³-hybridized carbons (Fsp3) is 0.385. The average Bonchev–Trinajstić information content (AvgIpc) is 2.19. The second-order valence-corrected chi connectivity index (χ2v) is 4.32. The van der Waals surface area contributed by atoms with E-state index >= 15 is 0 Å². The number of hydrogen-bond acceptors (Lipinski definition) is 0. The molecule has 0 aromatic heterocycles. The summed E-state index contributed by atoms with van der Waals surface area (Å²) in [4.78, 5) is 0. The normalized spacial score (nSPS) is 25.5. The van der Waals surface area contributed by atoms with Crippen molar-refractivity contribution in [1.29, 1.82) is 0 Å². The van der Waals surface area contributed by atoms with Gasteiger partial charge in [-0.15, -0.1) is 0 Å². The first kappa shape index (κ1) is 9.47. The van der Waals surface area contributed by atoms with Crippen LogP contribution >= 0.6 is 0 Å². The Morgan fingerprint density at radius 2 is 2.21 bits per heavy atom. The molecular weight excluding hydrogens is 170 g/mol. The molecule has 1 aliphatic rings. The molecule has 1 aromatic rings. The van der Waals surface area contributed by atoms with E-state index in [1.807, 2.05) is 6.08 Å². The minimum Gasteiger partial charge on any atom is -0.290 e. The third-order valence-corrected chi connectivity index (χ3v) is 3.20. The van der Waals surface area contributed by atoms with Crippen LogP contribution in [0.25, 0.3) is 0 Å².